The number of hydrogen-bond acceptors (Lipinski definition) is 3. The number of hydrogen-bond donors (Lipinski definition) is 1. The third-order valence-electron chi connectivity index (χ3n) is 4.61. The Morgan fingerprint density at radius 3 is 2.46 bits per heavy atom. The molecule has 5 nitrogen and oxygen atoms in total. The zero-order chi connectivity index (χ0) is 18.7. The lowest BCUT2D eigenvalue weighted by Crippen LogP contribution is -2.34. The highest BCUT2D eigenvalue weighted by atomic mass is 19.1. The van der Waals surface area contributed by atoms with Gasteiger partial charge in [-0.05, 0) is 48.9 Å². The van der Waals surface area contributed by atoms with Crippen LogP contribution >= 0.6 is 0 Å². The minimum Gasteiger partial charge on any atom is -0.497 e. The van der Waals surface area contributed by atoms with Gasteiger partial charge >= 0.3 is 0 Å². The second kappa shape index (κ2) is 7.56. The van der Waals surface area contributed by atoms with E-state index in [9.17, 15) is 14.0 Å². The first-order chi connectivity index (χ1) is 12.5. The van der Waals surface area contributed by atoms with Crippen LogP contribution in [0, 0.1) is 11.7 Å². The van der Waals surface area contributed by atoms with Crippen molar-refractivity contribution in [2.75, 3.05) is 18.6 Å². The van der Waals surface area contributed by atoms with E-state index in [2.05, 4.69) is 5.32 Å². The van der Waals surface area contributed by atoms with Crippen molar-refractivity contribution in [3.05, 3.63) is 59.9 Å². The summed E-state index contributed by atoms with van der Waals surface area (Å²) in [5.74, 6) is -0.268. The van der Waals surface area contributed by atoms with Crippen molar-refractivity contribution < 1.29 is 18.7 Å². The lowest BCUT2D eigenvalue weighted by atomic mass is 10.0. The van der Waals surface area contributed by atoms with Crippen molar-refractivity contribution in [2.45, 2.75) is 19.4 Å². The van der Waals surface area contributed by atoms with E-state index in [0.29, 0.717) is 12.3 Å². The second-order valence-electron chi connectivity index (χ2n) is 6.39. The fraction of sp³-hybridized carbons (Fsp3) is 0.300. The maximum Gasteiger partial charge on any atom is 0.227 e. The van der Waals surface area contributed by atoms with Crippen molar-refractivity contribution in [1.82, 2.24) is 5.32 Å². The Morgan fingerprint density at radius 2 is 1.85 bits per heavy atom. The number of methoxy groups -OCH3 is 1. The average molecular weight is 356 g/mol. The van der Waals surface area contributed by atoms with Crippen molar-refractivity contribution in [3.8, 4) is 5.75 Å². The molecule has 1 heterocycles. The molecule has 0 aliphatic carbocycles. The summed E-state index contributed by atoms with van der Waals surface area (Å²) in [7, 11) is 1.58. The number of carbonyl (C=O) groups is 2. The number of benzene rings is 2. The summed E-state index contributed by atoms with van der Waals surface area (Å²) in [5, 5.41) is 2.91. The van der Waals surface area contributed by atoms with Crippen LogP contribution < -0.4 is 15.0 Å². The highest BCUT2D eigenvalue weighted by Crippen LogP contribution is 2.27. The first-order valence-corrected chi connectivity index (χ1v) is 8.48. The van der Waals surface area contributed by atoms with Gasteiger partial charge in [0.05, 0.1) is 19.1 Å². The molecule has 1 aliphatic rings. The van der Waals surface area contributed by atoms with Gasteiger partial charge < -0.3 is 15.0 Å². The molecule has 0 spiro atoms. The molecule has 2 aromatic rings. The molecular weight excluding hydrogens is 335 g/mol. The Balaban J connectivity index is 1.63. The number of anilines is 1. The summed E-state index contributed by atoms with van der Waals surface area (Å²) >= 11 is 0. The number of halogens is 1. The molecule has 136 valence electrons. The van der Waals surface area contributed by atoms with Crippen LogP contribution in [-0.4, -0.2) is 25.5 Å². The van der Waals surface area contributed by atoms with Crippen molar-refractivity contribution >= 4 is 17.5 Å². The van der Waals surface area contributed by atoms with E-state index in [0.717, 1.165) is 11.3 Å². The highest BCUT2D eigenvalue weighted by molar-refractivity contribution is 6.00. The van der Waals surface area contributed by atoms with Gasteiger partial charge in [0.25, 0.3) is 0 Å². The van der Waals surface area contributed by atoms with Crippen molar-refractivity contribution in [2.24, 2.45) is 5.92 Å². The topological polar surface area (TPSA) is 58.6 Å². The largest absolute Gasteiger partial charge is 0.497 e. The number of carbonyl (C=O) groups excluding carboxylic acids is 2. The van der Waals surface area contributed by atoms with Crippen LogP contribution in [0.25, 0.3) is 0 Å². The summed E-state index contributed by atoms with van der Waals surface area (Å²) in [6.07, 6.45) is 0.175. The van der Waals surface area contributed by atoms with E-state index in [4.69, 9.17) is 4.74 Å². The lowest BCUT2D eigenvalue weighted by molar-refractivity contribution is -0.126. The number of amides is 2. The van der Waals surface area contributed by atoms with Crippen LogP contribution in [0.2, 0.25) is 0 Å². The molecule has 1 N–H and O–H groups in total. The SMILES string of the molecule is COc1ccc(N2C[C@@H](C(=O)N[C@@H](C)c3ccc(F)cc3)CC2=O)cc1. The fourth-order valence-corrected chi connectivity index (χ4v) is 3.06. The van der Waals surface area contributed by atoms with E-state index in [1.807, 2.05) is 6.92 Å². The number of rotatable bonds is 5. The number of ether oxygens (including phenoxy) is 1. The molecule has 6 heteroatoms. The molecule has 3 rings (SSSR count). The van der Waals surface area contributed by atoms with Crippen LogP contribution in [0.4, 0.5) is 10.1 Å². The van der Waals surface area contributed by atoms with E-state index in [1.165, 1.54) is 12.1 Å². The normalized spacial score (nSPS) is 17.9. The molecule has 0 radical (unpaired) electrons. The first-order valence-electron chi connectivity index (χ1n) is 8.48. The second-order valence-corrected chi connectivity index (χ2v) is 6.39. The smallest absolute Gasteiger partial charge is 0.227 e. The molecule has 0 bridgehead atoms. The minimum atomic E-state index is -0.410. The standard InChI is InChI=1S/C20H21FN2O3/c1-13(14-3-5-16(21)6-4-14)22-20(25)15-11-19(24)23(12-15)17-7-9-18(26-2)10-8-17/h3-10,13,15H,11-12H2,1-2H3,(H,22,25)/t13-,15-/m0/s1. The fourth-order valence-electron chi connectivity index (χ4n) is 3.06. The molecule has 0 aromatic heterocycles. The molecular formula is C20H21FN2O3. The predicted molar refractivity (Wildman–Crippen MR) is 96.4 cm³/mol. The van der Waals surface area contributed by atoms with Gasteiger partial charge in [0.1, 0.15) is 11.6 Å². The van der Waals surface area contributed by atoms with E-state index < -0.39 is 5.92 Å². The highest BCUT2D eigenvalue weighted by Gasteiger charge is 2.35. The summed E-state index contributed by atoms with van der Waals surface area (Å²) in [4.78, 5) is 26.5. The van der Waals surface area contributed by atoms with Crippen LogP contribution in [0.3, 0.4) is 0 Å². The monoisotopic (exact) mass is 356 g/mol. The van der Waals surface area contributed by atoms with Gasteiger partial charge in [-0.2, -0.15) is 0 Å². The number of nitrogens with one attached hydrogen (secondary N) is 1. The summed E-state index contributed by atoms with van der Waals surface area (Å²) < 4.78 is 18.1. The Bertz CT molecular complexity index is 790. The molecule has 26 heavy (non-hydrogen) atoms. The van der Waals surface area contributed by atoms with Crippen molar-refractivity contribution in [1.29, 1.82) is 0 Å². The molecule has 1 aliphatic heterocycles. The van der Waals surface area contributed by atoms with Crippen LogP contribution in [0.5, 0.6) is 5.75 Å². The van der Waals surface area contributed by atoms with E-state index >= 15 is 0 Å². The molecule has 1 saturated heterocycles. The summed E-state index contributed by atoms with van der Waals surface area (Å²) in [6.45, 7) is 2.18. The van der Waals surface area contributed by atoms with Gasteiger partial charge in [0, 0.05) is 18.7 Å². The maximum atomic E-state index is 13.0. The minimum absolute atomic E-state index is 0.0789. The lowest BCUT2D eigenvalue weighted by Gasteiger charge is -2.19. The molecule has 1 fully saturated rings. The average Bonchev–Trinajstić information content (AvgIpc) is 3.04. The maximum absolute atomic E-state index is 13.0. The molecule has 2 amide bonds. The van der Waals surface area contributed by atoms with Gasteiger partial charge in [0.15, 0.2) is 0 Å². The summed E-state index contributed by atoms with van der Waals surface area (Å²) in [5.41, 5.74) is 1.56. The van der Waals surface area contributed by atoms with Crippen molar-refractivity contribution in [3.63, 3.8) is 0 Å². The van der Waals surface area contributed by atoms with Gasteiger partial charge in [-0.25, -0.2) is 4.39 Å². The van der Waals surface area contributed by atoms with Gasteiger partial charge in [-0.15, -0.1) is 0 Å². The number of nitrogens with zero attached hydrogens (tertiary/aromatic N) is 1. The third kappa shape index (κ3) is 3.85. The quantitative estimate of drug-likeness (QED) is 0.896. The molecule has 2 aromatic carbocycles. The van der Waals surface area contributed by atoms with E-state index in [1.54, 1.807) is 48.4 Å². The Hall–Kier alpha value is -2.89. The zero-order valence-corrected chi connectivity index (χ0v) is 14.7. The Morgan fingerprint density at radius 1 is 1.19 bits per heavy atom. The van der Waals surface area contributed by atoms with Crippen LogP contribution in [0.15, 0.2) is 48.5 Å². The predicted octanol–water partition coefficient (Wildman–Crippen LogP) is 3.06. The summed E-state index contributed by atoms with van der Waals surface area (Å²) in [6, 6.07) is 12.9. The van der Waals surface area contributed by atoms with Gasteiger partial charge in [-0.3, -0.25) is 9.59 Å². The van der Waals surface area contributed by atoms with Gasteiger partial charge in [0.2, 0.25) is 11.8 Å². The van der Waals surface area contributed by atoms with Crippen LogP contribution in [-0.2, 0) is 9.59 Å². The third-order valence-corrected chi connectivity index (χ3v) is 4.61. The zero-order valence-electron chi connectivity index (χ0n) is 14.7. The Labute approximate surface area is 151 Å². The molecule has 2 atom stereocenters. The van der Waals surface area contributed by atoms with Gasteiger partial charge in [-0.1, -0.05) is 12.1 Å². The van der Waals surface area contributed by atoms with Crippen LogP contribution in [0.1, 0.15) is 24.9 Å². The van der Waals surface area contributed by atoms with E-state index in [-0.39, 0.29) is 30.1 Å². The Kier molecular flexibility index (Phi) is 5.21. The molecule has 0 unspecified atom stereocenters. The first kappa shape index (κ1) is 17.9. The molecule has 0 saturated carbocycles.